The molecular formula is C10H13N3O4S. The molecule has 1 heterocycles. The Morgan fingerprint density at radius 1 is 1.56 bits per heavy atom. The Labute approximate surface area is 108 Å². The Hall–Kier alpha value is -1.66. The third-order valence-corrected chi connectivity index (χ3v) is 3.81. The lowest BCUT2D eigenvalue weighted by Crippen LogP contribution is -2.46. The van der Waals surface area contributed by atoms with E-state index in [4.69, 9.17) is 10.6 Å². The van der Waals surface area contributed by atoms with E-state index in [2.05, 4.69) is 10.1 Å². The van der Waals surface area contributed by atoms with Gasteiger partial charge < -0.3 is 16.0 Å². The van der Waals surface area contributed by atoms with Crippen molar-refractivity contribution in [2.24, 2.45) is 0 Å². The number of aliphatic carboxylic acids is 1. The molecule has 1 aliphatic rings. The molecule has 1 fully saturated rings. The fourth-order valence-electron chi connectivity index (χ4n) is 1.38. The SMILES string of the molecule is [N-]=[N+]=CC(=O)CCC(NC(=O)C1CCS1)C(=O)O. The molecule has 0 spiro atoms. The van der Waals surface area contributed by atoms with Crippen molar-refractivity contribution >= 4 is 35.6 Å². The smallest absolute Gasteiger partial charge is 0.326 e. The third kappa shape index (κ3) is 4.31. The Morgan fingerprint density at radius 3 is 2.67 bits per heavy atom. The first-order valence-corrected chi connectivity index (χ1v) is 6.44. The molecule has 8 heteroatoms. The lowest BCUT2D eigenvalue weighted by Gasteiger charge is -2.25. The number of Topliss-reactive ketones (excluding diaryl/α,β-unsaturated/α-hetero) is 1. The van der Waals surface area contributed by atoms with Gasteiger partial charge in [-0.3, -0.25) is 9.59 Å². The molecule has 18 heavy (non-hydrogen) atoms. The van der Waals surface area contributed by atoms with E-state index in [0.717, 1.165) is 12.2 Å². The first kappa shape index (κ1) is 14.4. The minimum absolute atomic E-state index is 0.0245. The van der Waals surface area contributed by atoms with E-state index in [1.54, 1.807) is 0 Å². The second-order valence-corrected chi connectivity index (χ2v) is 5.11. The highest BCUT2D eigenvalue weighted by molar-refractivity contribution is 8.01. The lowest BCUT2D eigenvalue weighted by molar-refractivity contribution is -0.142. The van der Waals surface area contributed by atoms with E-state index in [-0.39, 0.29) is 24.0 Å². The molecule has 98 valence electrons. The van der Waals surface area contributed by atoms with Crippen LogP contribution in [0.2, 0.25) is 0 Å². The van der Waals surface area contributed by atoms with Gasteiger partial charge in [-0.15, -0.1) is 11.8 Å². The molecular weight excluding hydrogens is 258 g/mol. The summed E-state index contributed by atoms with van der Waals surface area (Å²) in [6.45, 7) is 0. The van der Waals surface area contributed by atoms with Gasteiger partial charge in [0.2, 0.25) is 11.7 Å². The number of carboxylic acid groups (broad SMARTS) is 1. The van der Waals surface area contributed by atoms with E-state index in [9.17, 15) is 14.4 Å². The average Bonchev–Trinajstić information content (AvgIpc) is 2.21. The maximum atomic E-state index is 11.6. The zero-order valence-corrected chi connectivity index (χ0v) is 10.4. The van der Waals surface area contributed by atoms with Crippen LogP contribution in [0.3, 0.4) is 0 Å². The van der Waals surface area contributed by atoms with Crippen molar-refractivity contribution in [1.82, 2.24) is 5.32 Å². The number of thioether (sulfide) groups is 1. The number of nitrogens with zero attached hydrogens (tertiary/aromatic N) is 2. The Morgan fingerprint density at radius 2 is 2.22 bits per heavy atom. The highest BCUT2D eigenvalue weighted by Crippen LogP contribution is 2.27. The van der Waals surface area contributed by atoms with Gasteiger partial charge >= 0.3 is 12.2 Å². The van der Waals surface area contributed by atoms with Crippen molar-refractivity contribution in [1.29, 1.82) is 0 Å². The molecule has 0 aliphatic carbocycles. The summed E-state index contributed by atoms with van der Waals surface area (Å²) < 4.78 is 0. The van der Waals surface area contributed by atoms with Crippen LogP contribution < -0.4 is 5.32 Å². The number of hydrogen-bond acceptors (Lipinski definition) is 4. The predicted octanol–water partition coefficient (Wildman–Crippen LogP) is -0.289. The summed E-state index contributed by atoms with van der Waals surface area (Å²) in [7, 11) is 0. The summed E-state index contributed by atoms with van der Waals surface area (Å²) >= 11 is 1.47. The van der Waals surface area contributed by atoms with Gasteiger partial charge in [-0.25, -0.2) is 4.79 Å². The van der Waals surface area contributed by atoms with Crippen LogP contribution in [-0.4, -0.2) is 50.8 Å². The number of amides is 1. The van der Waals surface area contributed by atoms with Crippen LogP contribution in [0, 0.1) is 0 Å². The fourth-order valence-corrected chi connectivity index (χ4v) is 2.07. The second-order valence-electron chi connectivity index (χ2n) is 3.80. The van der Waals surface area contributed by atoms with Gasteiger partial charge in [-0.2, -0.15) is 4.79 Å². The van der Waals surface area contributed by atoms with Crippen molar-refractivity contribution in [3.63, 3.8) is 0 Å². The molecule has 0 bridgehead atoms. The summed E-state index contributed by atoms with van der Waals surface area (Å²) in [6, 6.07) is -1.09. The van der Waals surface area contributed by atoms with E-state index in [1.807, 2.05) is 0 Å². The molecule has 2 atom stereocenters. The van der Waals surface area contributed by atoms with E-state index in [0.29, 0.717) is 6.21 Å². The van der Waals surface area contributed by atoms with E-state index in [1.165, 1.54) is 11.8 Å². The average molecular weight is 271 g/mol. The summed E-state index contributed by atoms with van der Waals surface area (Å²) in [5.74, 6) is -1.07. The van der Waals surface area contributed by atoms with Crippen LogP contribution >= 0.6 is 11.8 Å². The van der Waals surface area contributed by atoms with Gasteiger partial charge in [0.25, 0.3) is 0 Å². The maximum absolute atomic E-state index is 11.6. The highest BCUT2D eigenvalue weighted by atomic mass is 32.2. The Kier molecular flexibility index (Phi) is 5.54. The second kappa shape index (κ2) is 6.93. The first-order chi connectivity index (χ1) is 8.54. The van der Waals surface area contributed by atoms with Gasteiger partial charge in [-0.05, 0) is 18.6 Å². The van der Waals surface area contributed by atoms with Crippen molar-refractivity contribution in [3.05, 3.63) is 5.53 Å². The summed E-state index contributed by atoms with van der Waals surface area (Å²) in [4.78, 5) is 36.1. The molecule has 7 nitrogen and oxygen atoms in total. The lowest BCUT2D eigenvalue weighted by atomic mass is 10.1. The van der Waals surface area contributed by atoms with Gasteiger partial charge in [0.05, 0.1) is 5.25 Å². The minimum atomic E-state index is -1.18. The van der Waals surface area contributed by atoms with Crippen molar-refractivity contribution in [3.8, 4) is 0 Å². The van der Waals surface area contributed by atoms with E-state index >= 15 is 0 Å². The maximum Gasteiger partial charge on any atom is 0.326 e. The molecule has 0 aromatic heterocycles. The van der Waals surface area contributed by atoms with Crippen LogP contribution in [0.4, 0.5) is 0 Å². The van der Waals surface area contributed by atoms with Crippen LogP contribution in [0.25, 0.3) is 5.53 Å². The van der Waals surface area contributed by atoms with E-state index < -0.39 is 17.8 Å². The van der Waals surface area contributed by atoms with Crippen molar-refractivity contribution < 1.29 is 24.3 Å². The topological polar surface area (TPSA) is 120 Å². The predicted molar refractivity (Wildman–Crippen MR) is 64.4 cm³/mol. The first-order valence-electron chi connectivity index (χ1n) is 5.39. The van der Waals surface area contributed by atoms with Gasteiger partial charge in [-0.1, -0.05) is 0 Å². The number of carbonyl (C=O) groups excluding carboxylic acids is 2. The molecule has 0 radical (unpaired) electrons. The molecule has 1 amide bonds. The van der Waals surface area contributed by atoms with Crippen LogP contribution in [-0.2, 0) is 14.4 Å². The van der Waals surface area contributed by atoms with Crippen molar-refractivity contribution in [2.75, 3.05) is 5.75 Å². The number of ketones is 1. The summed E-state index contributed by atoms with van der Waals surface area (Å²) in [6.07, 6.45) is 1.34. The Bertz CT molecular complexity index is 402. The largest absolute Gasteiger partial charge is 0.480 e. The molecule has 2 N–H and O–H groups in total. The van der Waals surface area contributed by atoms with Crippen LogP contribution in [0.5, 0.6) is 0 Å². The van der Waals surface area contributed by atoms with Gasteiger partial charge in [0.1, 0.15) is 6.04 Å². The monoisotopic (exact) mass is 271 g/mol. The fraction of sp³-hybridized carbons (Fsp3) is 0.600. The zero-order chi connectivity index (χ0) is 13.5. The molecule has 1 aliphatic heterocycles. The number of nitrogens with one attached hydrogen (secondary N) is 1. The number of rotatable bonds is 7. The zero-order valence-electron chi connectivity index (χ0n) is 9.54. The van der Waals surface area contributed by atoms with Crippen LogP contribution in [0.15, 0.2) is 0 Å². The van der Waals surface area contributed by atoms with Gasteiger partial charge in [0.15, 0.2) is 0 Å². The standard InChI is InChI=1S/C10H13N3O4S/c11-12-5-6(14)1-2-7(10(16)17)13-9(15)8-3-4-18-8/h5,7-8H,1-4H2,(H,13,15)(H,16,17). The third-order valence-electron chi connectivity index (χ3n) is 2.49. The van der Waals surface area contributed by atoms with Gasteiger partial charge in [0, 0.05) is 6.42 Å². The number of carbonyl (C=O) groups is 3. The highest BCUT2D eigenvalue weighted by Gasteiger charge is 2.29. The Balaban J connectivity index is 2.44. The normalized spacial score (nSPS) is 19.0. The molecule has 1 saturated heterocycles. The molecule has 2 unspecified atom stereocenters. The van der Waals surface area contributed by atoms with Crippen LogP contribution in [0.1, 0.15) is 19.3 Å². The summed E-state index contributed by atoms with van der Waals surface area (Å²) in [5.41, 5.74) is 8.13. The number of hydrogen-bond donors (Lipinski definition) is 2. The molecule has 0 aromatic rings. The minimum Gasteiger partial charge on any atom is -0.480 e. The number of carboxylic acids is 1. The molecule has 1 rings (SSSR count). The van der Waals surface area contributed by atoms with Crippen molar-refractivity contribution in [2.45, 2.75) is 30.6 Å². The molecule has 0 saturated carbocycles. The quantitative estimate of drug-likeness (QED) is 0.374. The summed E-state index contributed by atoms with van der Waals surface area (Å²) in [5, 5.41) is 11.1. The molecule has 0 aromatic carbocycles.